The molecule has 130 valence electrons. The molecular formula is C19H24FNO3. The van der Waals surface area contributed by atoms with Crippen LogP contribution < -0.4 is 14.8 Å². The van der Waals surface area contributed by atoms with E-state index >= 15 is 0 Å². The van der Waals surface area contributed by atoms with E-state index in [2.05, 4.69) is 5.32 Å². The fourth-order valence-corrected chi connectivity index (χ4v) is 2.67. The van der Waals surface area contributed by atoms with Gasteiger partial charge in [-0.3, -0.25) is 0 Å². The number of methoxy groups -OCH3 is 2. The monoisotopic (exact) mass is 333 g/mol. The Hall–Kier alpha value is -2.11. The van der Waals surface area contributed by atoms with E-state index < -0.39 is 6.10 Å². The van der Waals surface area contributed by atoms with Gasteiger partial charge in [0.05, 0.1) is 20.3 Å². The van der Waals surface area contributed by atoms with Crippen molar-refractivity contribution in [3.8, 4) is 11.5 Å². The van der Waals surface area contributed by atoms with Gasteiger partial charge in [0, 0.05) is 24.2 Å². The van der Waals surface area contributed by atoms with Gasteiger partial charge in [-0.25, -0.2) is 4.39 Å². The molecule has 0 spiro atoms. The summed E-state index contributed by atoms with van der Waals surface area (Å²) in [5.41, 5.74) is 2.35. The molecule has 2 aromatic carbocycles. The maximum atomic E-state index is 14.3. The zero-order chi connectivity index (χ0) is 17.7. The van der Waals surface area contributed by atoms with Gasteiger partial charge in [0.2, 0.25) is 0 Å². The number of ether oxygens (including phenoxy) is 2. The molecule has 2 unspecified atom stereocenters. The number of hydrogen-bond acceptors (Lipinski definition) is 4. The van der Waals surface area contributed by atoms with Crippen LogP contribution in [0.3, 0.4) is 0 Å². The number of aryl methyl sites for hydroxylation is 1. The number of aliphatic hydroxyl groups excluding tert-OH is 1. The van der Waals surface area contributed by atoms with Crippen LogP contribution in [-0.4, -0.2) is 25.9 Å². The molecule has 5 heteroatoms. The molecule has 2 aromatic rings. The van der Waals surface area contributed by atoms with Crippen molar-refractivity contribution in [2.75, 3.05) is 20.8 Å². The van der Waals surface area contributed by atoms with Crippen LogP contribution in [0, 0.1) is 12.7 Å². The van der Waals surface area contributed by atoms with Gasteiger partial charge < -0.3 is 19.9 Å². The number of aliphatic hydroxyl groups is 1. The van der Waals surface area contributed by atoms with Gasteiger partial charge in [-0.1, -0.05) is 24.3 Å². The van der Waals surface area contributed by atoms with E-state index in [1.54, 1.807) is 6.07 Å². The normalized spacial score (nSPS) is 13.4. The first-order valence-electron chi connectivity index (χ1n) is 7.86. The van der Waals surface area contributed by atoms with Gasteiger partial charge in [-0.2, -0.15) is 0 Å². The Morgan fingerprint density at radius 2 is 1.71 bits per heavy atom. The average Bonchev–Trinajstić information content (AvgIpc) is 2.59. The number of benzene rings is 2. The van der Waals surface area contributed by atoms with Crippen molar-refractivity contribution < 1.29 is 19.0 Å². The van der Waals surface area contributed by atoms with Crippen LogP contribution in [0.2, 0.25) is 0 Å². The SMILES string of the molecule is COc1cc(F)c(C(C)NCC(O)c2ccccc2C)cc1OC. The minimum Gasteiger partial charge on any atom is -0.493 e. The first kappa shape index (κ1) is 18.2. The highest BCUT2D eigenvalue weighted by molar-refractivity contribution is 5.44. The highest BCUT2D eigenvalue weighted by Crippen LogP contribution is 2.32. The summed E-state index contributed by atoms with van der Waals surface area (Å²) in [6.07, 6.45) is -0.656. The van der Waals surface area contributed by atoms with Crippen LogP contribution in [0.5, 0.6) is 11.5 Å². The Morgan fingerprint density at radius 3 is 2.33 bits per heavy atom. The van der Waals surface area contributed by atoms with E-state index in [1.165, 1.54) is 20.3 Å². The molecule has 0 heterocycles. The van der Waals surface area contributed by atoms with Crippen LogP contribution in [-0.2, 0) is 0 Å². The highest BCUT2D eigenvalue weighted by atomic mass is 19.1. The molecule has 0 radical (unpaired) electrons. The fourth-order valence-electron chi connectivity index (χ4n) is 2.67. The summed E-state index contributed by atoms with van der Waals surface area (Å²) >= 11 is 0. The molecule has 0 saturated heterocycles. The third-order valence-corrected chi connectivity index (χ3v) is 4.13. The molecule has 4 nitrogen and oxygen atoms in total. The molecule has 0 aromatic heterocycles. The lowest BCUT2D eigenvalue weighted by Crippen LogP contribution is -2.25. The largest absolute Gasteiger partial charge is 0.493 e. The van der Waals surface area contributed by atoms with E-state index in [4.69, 9.17) is 9.47 Å². The fraction of sp³-hybridized carbons (Fsp3) is 0.368. The predicted molar refractivity (Wildman–Crippen MR) is 92.1 cm³/mol. The smallest absolute Gasteiger partial charge is 0.163 e. The van der Waals surface area contributed by atoms with E-state index in [0.29, 0.717) is 23.6 Å². The van der Waals surface area contributed by atoms with Crippen LogP contribution in [0.15, 0.2) is 36.4 Å². The molecule has 0 fully saturated rings. The summed E-state index contributed by atoms with van der Waals surface area (Å²) in [6, 6.07) is 10.3. The molecule has 0 saturated carbocycles. The lowest BCUT2D eigenvalue weighted by molar-refractivity contribution is 0.170. The molecule has 24 heavy (non-hydrogen) atoms. The molecule has 0 aliphatic carbocycles. The Balaban J connectivity index is 2.10. The third-order valence-electron chi connectivity index (χ3n) is 4.13. The lowest BCUT2D eigenvalue weighted by atomic mass is 10.0. The van der Waals surface area contributed by atoms with Crippen LogP contribution in [0.1, 0.15) is 35.8 Å². The zero-order valence-corrected chi connectivity index (χ0v) is 14.5. The maximum Gasteiger partial charge on any atom is 0.163 e. The average molecular weight is 333 g/mol. The minimum absolute atomic E-state index is 0.288. The lowest BCUT2D eigenvalue weighted by Gasteiger charge is -2.20. The van der Waals surface area contributed by atoms with Crippen molar-refractivity contribution in [3.63, 3.8) is 0 Å². The van der Waals surface area contributed by atoms with Gasteiger partial charge in [-0.15, -0.1) is 0 Å². The Kier molecular flexibility index (Phi) is 6.17. The Labute approximate surface area is 142 Å². The molecule has 0 aliphatic rings. The van der Waals surface area contributed by atoms with Crippen LogP contribution in [0.25, 0.3) is 0 Å². The van der Waals surface area contributed by atoms with Crippen molar-refractivity contribution in [1.82, 2.24) is 5.32 Å². The maximum absolute atomic E-state index is 14.3. The van der Waals surface area contributed by atoms with Gasteiger partial charge in [0.1, 0.15) is 5.82 Å². The van der Waals surface area contributed by atoms with Crippen molar-refractivity contribution in [2.45, 2.75) is 26.0 Å². The Bertz CT molecular complexity index is 690. The van der Waals surface area contributed by atoms with E-state index in [9.17, 15) is 9.50 Å². The molecule has 0 amide bonds. The second-order valence-electron chi connectivity index (χ2n) is 5.73. The van der Waals surface area contributed by atoms with Gasteiger partial charge in [0.15, 0.2) is 11.5 Å². The van der Waals surface area contributed by atoms with E-state index in [0.717, 1.165) is 11.1 Å². The Morgan fingerprint density at radius 1 is 1.08 bits per heavy atom. The number of hydrogen-bond donors (Lipinski definition) is 2. The summed E-state index contributed by atoms with van der Waals surface area (Å²) in [6.45, 7) is 4.12. The number of nitrogens with one attached hydrogen (secondary N) is 1. The molecule has 2 atom stereocenters. The quantitative estimate of drug-likeness (QED) is 0.814. The number of halogens is 1. The van der Waals surface area contributed by atoms with Crippen molar-refractivity contribution in [1.29, 1.82) is 0 Å². The van der Waals surface area contributed by atoms with Gasteiger partial charge in [0.25, 0.3) is 0 Å². The third kappa shape index (κ3) is 4.04. The first-order chi connectivity index (χ1) is 11.5. The van der Waals surface area contributed by atoms with Crippen molar-refractivity contribution in [3.05, 3.63) is 58.9 Å². The number of rotatable bonds is 7. The standard InChI is InChI=1S/C19H24FNO3/c1-12-7-5-6-8-14(12)17(22)11-21-13(2)15-9-18(23-3)19(24-4)10-16(15)20/h5-10,13,17,21-22H,11H2,1-4H3. The van der Waals surface area contributed by atoms with Gasteiger partial charge in [-0.05, 0) is 31.0 Å². The van der Waals surface area contributed by atoms with Crippen LogP contribution in [0.4, 0.5) is 4.39 Å². The van der Waals surface area contributed by atoms with E-state index in [1.807, 2.05) is 38.1 Å². The highest BCUT2D eigenvalue weighted by Gasteiger charge is 2.17. The van der Waals surface area contributed by atoms with Crippen LogP contribution >= 0.6 is 0 Å². The van der Waals surface area contributed by atoms with Crippen molar-refractivity contribution >= 4 is 0 Å². The second-order valence-corrected chi connectivity index (χ2v) is 5.73. The zero-order valence-electron chi connectivity index (χ0n) is 14.5. The topological polar surface area (TPSA) is 50.7 Å². The summed E-state index contributed by atoms with van der Waals surface area (Å²) in [7, 11) is 2.98. The van der Waals surface area contributed by atoms with Crippen molar-refractivity contribution in [2.24, 2.45) is 0 Å². The molecule has 2 N–H and O–H groups in total. The molecule has 0 aliphatic heterocycles. The second kappa shape index (κ2) is 8.13. The van der Waals surface area contributed by atoms with Gasteiger partial charge >= 0.3 is 0 Å². The molecular weight excluding hydrogens is 309 g/mol. The molecule has 2 rings (SSSR count). The summed E-state index contributed by atoms with van der Waals surface area (Å²) in [4.78, 5) is 0. The predicted octanol–water partition coefficient (Wildman–Crippen LogP) is 3.54. The summed E-state index contributed by atoms with van der Waals surface area (Å²) in [5.74, 6) is 0.450. The summed E-state index contributed by atoms with van der Waals surface area (Å²) in [5, 5.41) is 13.5. The summed E-state index contributed by atoms with van der Waals surface area (Å²) < 4.78 is 24.6. The molecule has 0 bridgehead atoms. The minimum atomic E-state index is -0.656. The first-order valence-corrected chi connectivity index (χ1v) is 7.86. The van der Waals surface area contributed by atoms with E-state index in [-0.39, 0.29) is 11.9 Å².